The highest BCUT2D eigenvalue weighted by molar-refractivity contribution is 7.89. The second kappa shape index (κ2) is 6.51. The van der Waals surface area contributed by atoms with E-state index in [0.717, 1.165) is 30.5 Å². The maximum Gasteiger partial charge on any atom is 0.243 e. The van der Waals surface area contributed by atoms with Crippen molar-refractivity contribution in [2.75, 3.05) is 19.7 Å². The van der Waals surface area contributed by atoms with E-state index in [2.05, 4.69) is 14.6 Å². The minimum Gasteiger partial charge on any atom is -0.375 e. The van der Waals surface area contributed by atoms with E-state index in [9.17, 15) is 8.42 Å². The molecule has 27 heavy (non-hydrogen) atoms. The molecule has 2 aliphatic heterocycles. The third-order valence-electron chi connectivity index (χ3n) is 6.02. The second-order valence-corrected chi connectivity index (χ2v) is 9.89. The van der Waals surface area contributed by atoms with Gasteiger partial charge in [-0.2, -0.15) is 0 Å². The number of fused-ring (bicyclic) bond motifs is 2. The molecule has 5 rings (SSSR count). The third kappa shape index (κ3) is 3.38. The molecule has 3 fully saturated rings. The maximum absolute atomic E-state index is 13.1. The molecule has 1 aliphatic carbocycles. The Labute approximate surface area is 160 Å². The molecule has 0 radical (unpaired) electrons. The first-order chi connectivity index (χ1) is 13.0. The summed E-state index contributed by atoms with van der Waals surface area (Å²) < 4.78 is 35.2. The van der Waals surface area contributed by atoms with Crippen LogP contribution in [0.3, 0.4) is 0 Å². The number of aromatic nitrogens is 1. The molecule has 2 saturated heterocycles. The molecule has 6 nitrogen and oxygen atoms in total. The van der Waals surface area contributed by atoms with Gasteiger partial charge in [0.15, 0.2) is 0 Å². The molecule has 7 heteroatoms. The number of morpholine rings is 1. The Morgan fingerprint density at radius 2 is 2.11 bits per heavy atom. The lowest BCUT2D eigenvalue weighted by molar-refractivity contribution is -0.0581. The van der Waals surface area contributed by atoms with Crippen molar-refractivity contribution in [1.29, 1.82) is 0 Å². The van der Waals surface area contributed by atoms with Gasteiger partial charge < -0.3 is 4.74 Å². The molecule has 3 atom stereocenters. The van der Waals surface area contributed by atoms with Crippen molar-refractivity contribution in [3.63, 3.8) is 0 Å². The molecule has 0 amide bonds. The van der Waals surface area contributed by atoms with E-state index in [0.29, 0.717) is 30.2 Å². The first kappa shape index (κ1) is 17.6. The summed E-state index contributed by atoms with van der Waals surface area (Å²) in [7, 11) is -3.63. The SMILES string of the molecule is Cc1cc(S(=O)(=O)N[C@@H]2C[C@H]3CO[C@H](C4CC4)CN3C2)c2ncccc2c1. The van der Waals surface area contributed by atoms with Crippen LogP contribution in [0.1, 0.15) is 24.8 Å². The fourth-order valence-corrected chi connectivity index (χ4v) is 6.03. The average molecular weight is 388 g/mol. The monoisotopic (exact) mass is 387 g/mol. The van der Waals surface area contributed by atoms with E-state index < -0.39 is 10.0 Å². The molecule has 144 valence electrons. The van der Waals surface area contributed by atoms with Crippen LogP contribution < -0.4 is 4.72 Å². The van der Waals surface area contributed by atoms with Gasteiger partial charge in [0.1, 0.15) is 4.90 Å². The van der Waals surface area contributed by atoms with Crippen molar-refractivity contribution in [1.82, 2.24) is 14.6 Å². The fourth-order valence-electron chi connectivity index (χ4n) is 4.53. The number of hydrogen-bond donors (Lipinski definition) is 1. The lowest BCUT2D eigenvalue weighted by atomic mass is 10.1. The van der Waals surface area contributed by atoms with Crippen molar-refractivity contribution in [3.8, 4) is 0 Å². The summed E-state index contributed by atoms with van der Waals surface area (Å²) >= 11 is 0. The Bertz CT molecular complexity index is 974. The summed E-state index contributed by atoms with van der Waals surface area (Å²) in [6.45, 7) is 4.32. The van der Waals surface area contributed by atoms with Crippen LogP contribution in [0, 0.1) is 12.8 Å². The van der Waals surface area contributed by atoms with Gasteiger partial charge >= 0.3 is 0 Å². The zero-order valence-corrected chi connectivity index (χ0v) is 16.3. The molecule has 3 aliphatic rings. The highest BCUT2D eigenvalue weighted by Gasteiger charge is 2.43. The summed E-state index contributed by atoms with van der Waals surface area (Å²) in [5.41, 5.74) is 1.45. The van der Waals surface area contributed by atoms with Gasteiger partial charge in [0.05, 0.1) is 18.2 Å². The maximum atomic E-state index is 13.1. The van der Waals surface area contributed by atoms with Crippen LogP contribution in [0.5, 0.6) is 0 Å². The zero-order chi connectivity index (χ0) is 18.6. The van der Waals surface area contributed by atoms with Gasteiger partial charge in [-0.25, -0.2) is 13.1 Å². The van der Waals surface area contributed by atoms with Crippen LogP contribution in [0.4, 0.5) is 0 Å². The first-order valence-corrected chi connectivity index (χ1v) is 11.2. The van der Waals surface area contributed by atoms with Crippen LogP contribution in [-0.2, 0) is 14.8 Å². The minimum absolute atomic E-state index is 0.0826. The van der Waals surface area contributed by atoms with Crippen LogP contribution in [0.25, 0.3) is 10.9 Å². The average Bonchev–Trinajstić information content (AvgIpc) is 3.41. The number of rotatable bonds is 4. The molecule has 0 unspecified atom stereocenters. The van der Waals surface area contributed by atoms with Gasteiger partial charge in [0.25, 0.3) is 0 Å². The standard InChI is InChI=1S/C20H25N3O3S/c1-13-7-15-3-2-6-21-20(15)19(8-13)27(24,25)22-16-9-17-12-26-18(14-4-5-14)11-23(17)10-16/h2-3,6-8,14,16-18,22H,4-5,9-12H2,1H3/t16-,17+,18+/m1/s1. The number of nitrogens with one attached hydrogen (secondary N) is 1. The molecule has 1 saturated carbocycles. The van der Waals surface area contributed by atoms with Crippen molar-refractivity contribution in [2.45, 2.75) is 49.3 Å². The third-order valence-corrected chi connectivity index (χ3v) is 7.55. The molecule has 1 N–H and O–H groups in total. The highest BCUT2D eigenvalue weighted by atomic mass is 32.2. The van der Waals surface area contributed by atoms with E-state index in [1.165, 1.54) is 12.8 Å². The Kier molecular flexibility index (Phi) is 4.23. The van der Waals surface area contributed by atoms with Crippen LogP contribution in [-0.4, -0.2) is 56.2 Å². The molecular weight excluding hydrogens is 362 g/mol. The highest BCUT2D eigenvalue weighted by Crippen LogP contribution is 2.38. The molecule has 0 bridgehead atoms. The number of hydrogen-bond acceptors (Lipinski definition) is 5. The van der Waals surface area contributed by atoms with E-state index in [4.69, 9.17) is 4.74 Å². The van der Waals surface area contributed by atoms with Gasteiger partial charge in [0.2, 0.25) is 10.0 Å². The smallest absolute Gasteiger partial charge is 0.243 e. The van der Waals surface area contributed by atoms with E-state index >= 15 is 0 Å². The predicted molar refractivity (Wildman–Crippen MR) is 103 cm³/mol. The lowest BCUT2D eigenvalue weighted by Gasteiger charge is -2.35. The van der Waals surface area contributed by atoms with E-state index in [-0.39, 0.29) is 10.9 Å². The topological polar surface area (TPSA) is 71.5 Å². The van der Waals surface area contributed by atoms with Gasteiger partial charge in [-0.3, -0.25) is 9.88 Å². The normalized spacial score (nSPS) is 29.1. The molecule has 1 aromatic heterocycles. The van der Waals surface area contributed by atoms with E-state index in [1.54, 1.807) is 12.3 Å². The van der Waals surface area contributed by atoms with Gasteiger partial charge in [-0.15, -0.1) is 0 Å². The number of nitrogens with zero attached hydrogens (tertiary/aromatic N) is 2. The summed E-state index contributed by atoms with van der Waals surface area (Å²) in [5, 5.41) is 0.849. The second-order valence-electron chi connectivity index (χ2n) is 8.21. The van der Waals surface area contributed by atoms with Crippen molar-refractivity contribution in [3.05, 3.63) is 36.0 Å². The Hall–Kier alpha value is -1.54. The number of ether oxygens (including phenoxy) is 1. The summed E-state index contributed by atoms with van der Waals surface area (Å²) in [6, 6.07) is 7.65. The Morgan fingerprint density at radius 3 is 2.93 bits per heavy atom. The van der Waals surface area contributed by atoms with Gasteiger partial charge in [-0.05, 0) is 55.9 Å². The summed E-state index contributed by atoms with van der Waals surface area (Å²) in [4.78, 5) is 7.00. The summed E-state index contributed by atoms with van der Waals surface area (Å²) in [5.74, 6) is 0.714. The van der Waals surface area contributed by atoms with Gasteiger partial charge in [-0.1, -0.05) is 6.07 Å². The number of aryl methyl sites for hydroxylation is 1. The summed E-state index contributed by atoms with van der Waals surface area (Å²) in [6.07, 6.45) is 5.32. The fraction of sp³-hybridized carbons (Fsp3) is 0.550. The largest absolute Gasteiger partial charge is 0.375 e. The number of sulfonamides is 1. The van der Waals surface area contributed by atoms with Crippen LogP contribution >= 0.6 is 0 Å². The molecule has 3 heterocycles. The van der Waals surface area contributed by atoms with Crippen LogP contribution in [0.2, 0.25) is 0 Å². The minimum atomic E-state index is -3.63. The predicted octanol–water partition coefficient (Wildman–Crippen LogP) is 2.07. The Morgan fingerprint density at radius 1 is 1.26 bits per heavy atom. The van der Waals surface area contributed by atoms with Crippen LogP contribution in [0.15, 0.2) is 35.4 Å². The number of benzene rings is 1. The zero-order valence-electron chi connectivity index (χ0n) is 15.5. The van der Waals surface area contributed by atoms with Crippen molar-refractivity contribution >= 4 is 20.9 Å². The molecule has 2 aromatic rings. The van der Waals surface area contributed by atoms with E-state index in [1.807, 2.05) is 25.1 Å². The first-order valence-electron chi connectivity index (χ1n) is 9.73. The Balaban J connectivity index is 1.36. The molecule has 1 aromatic carbocycles. The number of pyridine rings is 1. The molecule has 0 spiro atoms. The van der Waals surface area contributed by atoms with Crippen molar-refractivity contribution < 1.29 is 13.2 Å². The van der Waals surface area contributed by atoms with Gasteiger partial charge in [0, 0.05) is 36.8 Å². The molecular formula is C20H25N3O3S. The lowest BCUT2D eigenvalue weighted by Crippen LogP contribution is -2.47. The van der Waals surface area contributed by atoms with Crippen molar-refractivity contribution in [2.24, 2.45) is 5.92 Å². The quantitative estimate of drug-likeness (QED) is 0.870.